The van der Waals surface area contributed by atoms with Gasteiger partial charge < -0.3 is 10.4 Å². The van der Waals surface area contributed by atoms with E-state index in [1.54, 1.807) is 0 Å². The van der Waals surface area contributed by atoms with Crippen LogP contribution in [0.15, 0.2) is 30.4 Å². The summed E-state index contributed by atoms with van der Waals surface area (Å²) >= 11 is 0. The predicted molar refractivity (Wildman–Crippen MR) is 86.9 cm³/mol. The number of carboxylic acids is 1. The van der Waals surface area contributed by atoms with Crippen LogP contribution in [-0.2, 0) is 9.59 Å². The van der Waals surface area contributed by atoms with E-state index in [-0.39, 0.29) is 17.7 Å². The highest BCUT2D eigenvalue weighted by Crippen LogP contribution is 2.63. The smallest absolute Gasteiger partial charge is 0.307 e. The van der Waals surface area contributed by atoms with E-state index in [1.165, 1.54) is 0 Å². The molecule has 23 heavy (non-hydrogen) atoms. The fourth-order valence-electron chi connectivity index (χ4n) is 4.74. The molecule has 4 aliphatic rings. The monoisotopic (exact) mass is 311 g/mol. The van der Waals surface area contributed by atoms with Gasteiger partial charge in [-0.1, -0.05) is 29.8 Å². The van der Waals surface area contributed by atoms with Gasteiger partial charge in [-0.3, -0.25) is 9.59 Å². The molecule has 2 bridgehead atoms. The Morgan fingerprint density at radius 2 is 1.74 bits per heavy atom. The molecule has 0 heterocycles. The number of aryl methyl sites for hydroxylation is 2. The Morgan fingerprint density at radius 3 is 2.35 bits per heavy atom. The molecule has 2 saturated carbocycles. The molecular weight excluding hydrogens is 290 g/mol. The summed E-state index contributed by atoms with van der Waals surface area (Å²) in [6.07, 6.45) is 5.20. The van der Waals surface area contributed by atoms with Crippen molar-refractivity contribution in [3.63, 3.8) is 0 Å². The number of aliphatic carboxylic acids is 1. The number of hydrogen-bond donors (Lipinski definition) is 2. The lowest BCUT2D eigenvalue weighted by molar-refractivity contribution is -0.152. The zero-order chi connectivity index (χ0) is 16.3. The molecule has 0 aromatic heterocycles. The van der Waals surface area contributed by atoms with Crippen LogP contribution >= 0.6 is 0 Å². The molecule has 6 atom stereocenters. The van der Waals surface area contributed by atoms with Gasteiger partial charge in [-0.2, -0.15) is 0 Å². The first kappa shape index (κ1) is 14.5. The molecule has 0 radical (unpaired) electrons. The third-order valence-electron chi connectivity index (χ3n) is 5.88. The number of nitrogens with one attached hydrogen (secondary N) is 1. The molecule has 0 unspecified atom stereocenters. The van der Waals surface area contributed by atoms with Gasteiger partial charge in [-0.15, -0.1) is 0 Å². The quantitative estimate of drug-likeness (QED) is 0.843. The second-order valence-electron chi connectivity index (χ2n) is 7.30. The number of hydrogen-bond acceptors (Lipinski definition) is 2. The molecule has 4 aliphatic carbocycles. The largest absolute Gasteiger partial charge is 0.481 e. The third kappa shape index (κ3) is 2.19. The summed E-state index contributed by atoms with van der Waals surface area (Å²) in [5.74, 6) is -0.920. The summed E-state index contributed by atoms with van der Waals surface area (Å²) in [4.78, 5) is 24.6. The Kier molecular flexibility index (Phi) is 3.12. The van der Waals surface area contributed by atoms with E-state index in [2.05, 4.69) is 11.4 Å². The van der Waals surface area contributed by atoms with Crippen LogP contribution in [0, 0.1) is 49.4 Å². The summed E-state index contributed by atoms with van der Waals surface area (Å²) in [5, 5.41) is 12.6. The second-order valence-corrected chi connectivity index (χ2v) is 7.30. The second kappa shape index (κ2) is 4.95. The van der Waals surface area contributed by atoms with Crippen molar-refractivity contribution in [2.75, 3.05) is 5.32 Å². The zero-order valence-corrected chi connectivity index (χ0v) is 13.3. The summed E-state index contributed by atoms with van der Waals surface area (Å²) in [6.45, 7) is 3.97. The molecular formula is C19H21NO3. The van der Waals surface area contributed by atoms with Crippen LogP contribution in [0.5, 0.6) is 0 Å². The van der Waals surface area contributed by atoms with Gasteiger partial charge in [-0.25, -0.2) is 0 Å². The number of carboxylic acid groups (broad SMARTS) is 1. The average Bonchev–Trinajstić information content (AvgIpc) is 3.31. The van der Waals surface area contributed by atoms with Crippen molar-refractivity contribution >= 4 is 17.6 Å². The lowest BCUT2D eigenvalue weighted by Gasteiger charge is -2.41. The van der Waals surface area contributed by atoms with Gasteiger partial charge in [0.1, 0.15) is 0 Å². The maximum absolute atomic E-state index is 12.9. The number of benzene rings is 1. The van der Waals surface area contributed by atoms with E-state index in [0.717, 1.165) is 23.2 Å². The standard InChI is InChI=1S/C19H21NO3/c1-9-3-6-15(10(2)7-9)20-18(21)16-11-4-5-12(14-8-13(11)14)17(16)19(22)23/h3-7,11-14,16-17H,8H2,1-2H3,(H,20,21)(H,22,23)/t11-,12-,13+,14-,16+,17+/m0/s1. The van der Waals surface area contributed by atoms with Crippen molar-refractivity contribution in [3.05, 3.63) is 41.5 Å². The van der Waals surface area contributed by atoms with E-state index < -0.39 is 17.8 Å². The van der Waals surface area contributed by atoms with Crippen LogP contribution in [0.25, 0.3) is 0 Å². The number of fused-ring (bicyclic) bond motifs is 1. The Hall–Kier alpha value is -2.10. The number of allylic oxidation sites excluding steroid dienone is 2. The first-order valence-electron chi connectivity index (χ1n) is 8.26. The number of amides is 1. The minimum absolute atomic E-state index is 0.0253. The van der Waals surface area contributed by atoms with Gasteiger partial charge in [0.15, 0.2) is 0 Å². The van der Waals surface area contributed by atoms with Crippen molar-refractivity contribution < 1.29 is 14.7 Å². The first-order valence-corrected chi connectivity index (χ1v) is 8.26. The van der Waals surface area contributed by atoms with Crippen LogP contribution in [0.1, 0.15) is 17.5 Å². The molecule has 2 fully saturated rings. The minimum atomic E-state index is -0.838. The lowest BCUT2D eigenvalue weighted by atomic mass is 9.62. The molecule has 0 aliphatic heterocycles. The molecule has 0 spiro atoms. The molecule has 5 rings (SSSR count). The van der Waals surface area contributed by atoms with Crippen LogP contribution in [0.3, 0.4) is 0 Å². The summed E-state index contributed by atoms with van der Waals surface area (Å²) in [6, 6.07) is 5.88. The van der Waals surface area contributed by atoms with Crippen molar-refractivity contribution in [3.8, 4) is 0 Å². The highest BCUT2D eigenvalue weighted by Gasteiger charge is 2.62. The fraction of sp³-hybridized carbons (Fsp3) is 0.474. The highest BCUT2D eigenvalue weighted by atomic mass is 16.4. The van der Waals surface area contributed by atoms with E-state index in [1.807, 2.05) is 38.1 Å². The van der Waals surface area contributed by atoms with E-state index in [9.17, 15) is 14.7 Å². The van der Waals surface area contributed by atoms with Crippen molar-refractivity contribution in [2.45, 2.75) is 20.3 Å². The summed E-state index contributed by atoms with van der Waals surface area (Å²) in [5.41, 5.74) is 2.93. The Labute approximate surface area is 135 Å². The van der Waals surface area contributed by atoms with E-state index in [4.69, 9.17) is 0 Å². The van der Waals surface area contributed by atoms with Crippen molar-refractivity contribution in [1.29, 1.82) is 0 Å². The maximum atomic E-state index is 12.9. The Balaban J connectivity index is 1.62. The Bertz CT molecular complexity index is 723. The first-order chi connectivity index (χ1) is 11.0. The van der Waals surface area contributed by atoms with Gasteiger partial charge in [0.25, 0.3) is 0 Å². The molecule has 4 heteroatoms. The SMILES string of the molecule is Cc1ccc(NC(=O)[C@@H]2[C@H]3C=C[C@@H]([C@@H]4C[C@H]34)[C@H]2C(=O)O)c(C)c1. The van der Waals surface area contributed by atoms with Crippen LogP contribution < -0.4 is 5.32 Å². The van der Waals surface area contributed by atoms with Gasteiger partial charge in [-0.05, 0) is 55.6 Å². The van der Waals surface area contributed by atoms with E-state index >= 15 is 0 Å². The van der Waals surface area contributed by atoms with Crippen molar-refractivity contribution in [1.82, 2.24) is 0 Å². The molecule has 1 aromatic rings. The number of carbonyl (C=O) groups excluding carboxylic acids is 1. The molecule has 1 amide bonds. The normalized spacial score (nSPS) is 36.4. The summed E-state index contributed by atoms with van der Waals surface area (Å²) in [7, 11) is 0. The van der Waals surface area contributed by atoms with Gasteiger partial charge in [0.05, 0.1) is 11.8 Å². The number of rotatable bonds is 3. The maximum Gasteiger partial charge on any atom is 0.307 e. The average molecular weight is 311 g/mol. The molecule has 2 N–H and O–H groups in total. The third-order valence-corrected chi connectivity index (χ3v) is 5.88. The van der Waals surface area contributed by atoms with Gasteiger partial charge >= 0.3 is 5.97 Å². The lowest BCUT2D eigenvalue weighted by Crippen LogP contribution is -2.48. The zero-order valence-electron chi connectivity index (χ0n) is 13.3. The number of carbonyl (C=O) groups is 2. The topological polar surface area (TPSA) is 66.4 Å². The van der Waals surface area contributed by atoms with Gasteiger partial charge in [0.2, 0.25) is 5.91 Å². The summed E-state index contributed by atoms with van der Waals surface area (Å²) < 4.78 is 0. The number of anilines is 1. The van der Waals surface area contributed by atoms with Crippen LogP contribution in [0.2, 0.25) is 0 Å². The molecule has 0 saturated heterocycles. The Morgan fingerprint density at radius 1 is 1.09 bits per heavy atom. The highest BCUT2D eigenvalue weighted by molar-refractivity contribution is 5.96. The van der Waals surface area contributed by atoms with Gasteiger partial charge in [0, 0.05) is 5.69 Å². The molecule has 120 valence electrons. The van der Waals surface area contributed by atoms with Crippen LogP contribution in [-0.4, -0.2) is 17.0 Å². The predicted octanol–water partition coefficient (Wildman–Crippen LogP) is 3.01. The fourth-order valence-corrected chi connectivity index (χ4v) is 4.74. The van der Waals surface area contributed by atoms with Crippen molar-refractivity contribution in [2.24, 2.45) is 35.5 Å². The molecule has 1 aromatic carbocycles. The van der Waals surface area contributed by atoms with Crippen LogP contribution in [0.4, 0.5) is 5.69 Å². The molecule has 4 nitrogen and oxygen atoms in total. The van der Waals surface area contributed by atoms with E-state index in [0.29, 0.717) is 11.8 Å². The minimum Gasteiger partial charge on any atom is -0.481 e.